The molecule has 0 aliphatic heterocycles. The van der Waals surface area contributed by atoms with Crippen LogP contribution < -0.4 is 15.9 Å². The van der Waals surface area contributed by atoms with Crippen LogP contribution in [0.4, 0.5) is 0 Å². The first-order valence-corrected chi connectivity index (χ1v) is 7.95. The summed E-state index contributed by atoms with van der Waals surface area (Å²) in [6, 6.07) is 7.37. The largest absolute Gasteiger partial charge is 0.493 e. The summed E-state index contributed by atoms with van der Waals surface area (Å²) >= 11 is 0. The van der Waals surface area contributed by atoms with Gasteiger partial charge in [-0.05, 0) is 50.1 Å². The first kappa shape index (κ1) is 20.6. The van der Waals surface area contributed by atoms with E-state index in [1.54, 1.807) is 13.8 Å². The number of amides is 2. The van der Waals surface area contributed by atoms with Crippen LogP contribution in [0.1, 0.15) is 39.7 Å². The summed E-state index contributed by atoms with van der Waals surface area (Å²) in [6.07, 6.45) is 0.954. The van der Waals surface area contributed by atoms with Crippen LogP contribution in [0.5, 0.6) is 5.75 Å². The van der Waals surface area contributed by atoms with Crippen LogP contribution in [0.2, 0.25) is 0 Å². The van der Waals surface area contributed by atoms with Crippen molar-refractivity contribution in [2.45, 2.75) is 39.7 Å². The molecule has 0 bridgehead atoms. The van der Waals surface area contributed by atoms with Crippen LogP contribution in [-0.4, -0.2) is 37.3 Å². The molecule has 25 heavy (non-hydrogen) atoms. The number of rotatable bonds is 10. The Kier molecular flexibility index (Phi) is 7.11. The summed E-state index contributed by atoms with van der Waals surface area (Å²) in [5.74, 6) is 0.206. The Hall–Kier alpha value is -2.41. The molecule has 1 aromatic carbocycles. The lowest BCUT2D eigenvalue weighted by atomic mass is 9.81. The van der Waals surface area contributed by atoms with Gasteiger partial charge < -0.3 is 15.2 Å². The van der Waals surface area contributed by atoms with Gasteiger partial charge in [-0.25, -0.2) is 5.43 Å². The lowest BCUT2D eigenvalue weighted by Gasteiger charge is -2.34. The number of hydrogen-bond donors (Lipinski definition) is 2. The molecule has 0 aliphatic carbocycles. The Morgan fingerprint density at radius 1 is 1.28 bits per heavy atom. The standard InChI is InChI=1S/C18H27N3O4/c1-13(21-20-12-22)14-6-8-15(9-7-14)25-11-17(2,3)10-18(4,24-5)16(19)23/h6-9,12H,10-11H2,1-5H3,(H2,19,23)(H,20,22)/b21-13+. The maximum Gasteiger partial charge on any atom is 0.249 e. The number of benzene rings is 1. The molecule has 1 aromatic rings. The van der Waals surface area contributed by atoms with Crippen molar-refractivity contribution in [1.29, 1.82) is 0 Å². The number of ether oxygens (including phenoxy) is 2. The van der Waals surface area contributed by atoms with E-state index in [9.17, 15) is 9.59 Å². The highest BCUT2D eigenvalue weighted by Gasteiger charge is 2.37. The molecule has 0 aliphatic rings. The normalized spacial score (nSPS) is 14.5. The quantitative estimate of drug-likeness (QED) is 0.382. The third-order valence-corrected chi connectivity index (χ3v) is 3.97. The Morgan fingerprint density at radius 3 is 2.36 bits per heavy atom. The van der Waals surface area contributed by atoms with Gasteiger partial charge in [-0.3, -0.25) is 9.59 Å². The zero-order valence-corrected chi connectivity index (χ0v) is 15.5. The van der Waals surface area contributed by atoms with E-state index >= 15 is 0 Å². The summed E-state index contributed by atoms with van der Waals surface area (Å²) in [6.45, 7) is 7.86. The molecule has 0 heterocycles. The molecular weight excluding hydrogens is 322 g/mol. The molecule has 0 radical (unpaired) electrons. The molecule has 1 rings (SSSR count). The van der Waals surface area contributed by atoms with Crippen LogP contribution in [0.3, 0.4) is 0 Å². The second-order valence-corrected chi connectivity index (χ2v) is 6.90. The van der Waals surface area contributed by atoms with E-state index in [-0.39, 0.29) is 5.41 Å². The van der Waals surface area contributed by atoms with Crippen molar-refractivity contribution in [2.24, 2.45) is 16.3 Å². The van der Waals surface area contributed by atoms with Gasteiger partial charge in [0, 0.05) is 12.5 Å². The molecule has 0 fully saturated rings. The van der Waals surface area contributed by atoms with Gasteiger partial charge >= 0.3 is 0 Å². The topological polar surface area (TPSA) is 103 Å². The average Bonchev–Trinajstić information content (AvgIpc) is 2.57. The summed E-state index contributed by atoms with van der Waals surface area (Å²) in [5.41, 5.74) is 7.92. The Morgan fingerprint density at radius 2 is 1.88 bits per heavy atom. The second kappa shape index (κ2) is 8.62. The van der Waals surface area contributed by atoms with E-state index in [1.807, 2.05) is 38.1 Å². The van der Waals surface area contributed by atoms with E-state index in [0.29, 0.717) is 30.9 Å². The highest BCUT2D eigenvalue weighted by molar-refractivity contribution is 5.98. The predicted molar refractivity (Wildman–Crippen MR) is 96.4 cm³/mol. The highest BCUT2D eigenvalue weighted by Crippen LogP contribution is 2.31. The van der Waals surface area contributed by atoms with Gasteiger partial charge in [0.05, 0.1) is 12.3 Å². The molecule has 1 atom stereocenters. The number of nitrogens with zero attached hydrogens (tertiary/aromatic N) is 1. The molecule has 0 saturated carbocycles. The van der Waals surface area contributed by atoms with Gasteiger partial charge in [0.15, 0.2) is 0 Å². The first-order valence-electron chi connectivity index (χ1n) is 7.95. The van der Waals surface area contributed by atoms with Gasteiger partial charge in [0.2, 0.25) is 12.3 Å². The Labute approximate surface area is 148 Å². The molecule has 7 nitrogen and oxygen atoms in total. The van der Waals surface area contributed by atoms with Crippen LogP contribution in [0.15, 0.2) is 29.4 Å². The summed E-state index contributed by atoms with van der Waals surface area (Å²) < 4.78 is 11.1. The number of nitrogens with two attached hydrogens (primary N) is 1. The maximum atomic E-state index is 11.6. The molecule has 0 spiro atoms. The summed E-state index contributed by atoms with van der Waals surface area (Å²) in [7, 11) is 1.48. The van der Waals surface area contributed by atoms with E-state index in [0.717, 1.165) is 5.56 Å². The zero-order valence-electron chi connectivity index (χ0n) is 15.5. The van der Waals surface area contributed by atoms with Gasteiger partial charge in [-0.1, -0.05) is 13.8 Å². The molecular formula is C18H27N3O4. The van der Waals surface area contributed by atoms with Gasteiger partial charge in [-0.2, -0.15) is 5.10 Å². The molecule has 0 aromatic heterocycles. The van der Waals surface area contributed by atoms with Crippen LogP contribution >= 0.6 is 0 Å². The fraction of sp³-hybridized carbons (Fsp3) is 0.500. The molecule has 2 amide bonds. The van der Waals surface area contributed by atoms with E-state index in [1.165, 1.54) is 7.11 Å². The number of carbonyl (C=O) groups is 2. The third kappa shape index (κ3) is 6.19. The van der Waals surface area contributed by atoms with Crippen molar-refractivity contribution in [1.82, 2.24) is 5.43 Å². The lowest BCUT2D eigenvalue weighted by Crippen LogP contribution is -2.47. The molecule has 7 heteroatoms. The van der Waals surface area contributed by atoms with Crippen LogP contribution in [-0.2, 0) is 14.3 Å². The number of hydrazone groups is 1. The van der Waals surface area contributed by atoms with Crippen LogP contribution in [0.25, 0.3) is 0 Å². The fourth-order valence-corrected chi connectivity index (χ4v) is 2.48. The van der Waals surface area contributed by atoms with E-state index in [4.69, 9.17) is 15.2 Å². The average molecular weight is 349 g/mol. The maximum absolute atomic E-state index is 11.6. The molecule has 3 N–H and O–H groups in total. The van der Waals surface area contributed by atoms with E-state index in [2.05, 4.69) is 10.5 Å². The van der Waals surface area contributed by atoms with Crippen molar-refractivity contribution in [3.63, 3.8) is 0 Å². The van der Waals surface area contributed by atoms with Crippen molar-refractivity contribution in [3.05, 3.63) is 29.8 Å². The minimum absolute atomic E-state index is 0.316. The SMILES string of the molecule is COC(C)(CC(C)(C)COc1ccc(/C(C)=N/NC=O)cc1)C(N)=O. The van der Waals surface area contributed by atoms with Crippen molar-refractivity contribution in [2.75, 3.05) is 13.7 Å². The highest BCUT2D eigenvalue weighted by atomic mass is 16.5. The van der Waals surface area contributed by atoms with Gasteiger partial charge in [-0.15, -0.1) is 0 Å². The van der Waals surface area contributed by atoms with Gasteiger partial charge in [0.1, 0.15) is 11.4 Å². The third-order valence-electron chi connectivity index (χ3n) is 3.97. The van der Waals surface area contributed by atoms with Crippen molar-refractivity contribution >= 4 is 18.0 Å². The zero-order chi connectivity index (χ0) is 19.1. The summed E-state index contributed by atoms with van der Waals surface area (Å²) in [4.78, 5) is 21.9. The number of methoxy groups -OCH3 is 1. The minimum Gasteiger partial charge on any atom is -0.493 e. The molecule has 138 valence electrons. The second-order valence-electron chi connectivity index (χ2n) is 6.90. The smallest absolute Gasteiger partial charge is 0.249 e. The Bertz CT molecular complexity index is 626. The monoisotopic (exact) mass is 349 g/mol. The fourth-order valence-electron chi connectivity index (χ4n) is 2.48. The first-order chi connectivity index (χ1) is 11.6. The number of hydrogen-bond acceptors (Lipinski definition) is 5. The van der Waals surface area contributed by atoms with Gasteiger partial charge in [0.25, 0.3) is 0 Å². The number of primary amides is 1. The lowest BCUT2D eigenvalue weighted by molar-refractivity contribution is -0.142. The predicted octanol–water partition coefficient (Wildman–Crippen LogP) is 1.84. The summed E-state index contributed by atoms with van der Waals surface area (Å²) in [5, 5.41) is 3.89. The molecule has 1 unspecified atom stereocenters. The van der Waals surface area contributed by atoms with Crippen LogP contribution in [0, 0.1) is 5.41 Å². The number of carbonyl (C=O) groups excluding carboxylic acids is 2. The molecule has 0 saturated heterocycles. The number of nitrogens with one attached hydrogen (secondary N) is 1. The minimum atomic E-state index is -1.03. The Balaban J connectivity index is 2.71. The van der Waals surface area contributed by atoms with Crippen molar-refractivity contribution < 1.29 is 19.1 Å². The van der Waals surface area contributed by atoms with Crippen molar-refractivity contribution in [3.8, 4) is 5.75 Å². The van der Waals surface area contributed by atoms with E-state index < -0.39 is 11.5 Å².